The first-order valence-electron chi connectivity index (χ1n) is 20.6. The number of nitrogens with zero attached hydrogens (tertiary/aromatic N) is 5. The van der Waals surface area contributed by atoms with Gasteiger partial charge in [-0.05, 0) is 55.7 Å². The van der Waals surface area contributed by atoms with Crippen molar-refractivity contribution in [2.24, 2.45) is 0 Å². The molecule has 4 aromatic rings. The highest BCUT2D eigenvalue weighted by molar-refractivity contribution is 6.23. The Bertz CT molecular complexity index is 2470. The van der Waals surface area contributed by atoms with Crippen LogP contribution in [0.25, 0.3) is 0 Å². The third kappa shape index (κ3) is 8.88. The van der Waals surface area contributed by atoms with Crippen LogP contribution in [-0.2, 0) is 22.3 Å². The maximum Gasteiger partial charge on any atom is 0.419 e. The van der Waals surface area contributed by atoms with Gasteiger partial charge < -0.3 is 25.6 Å². The number of hydrogen-bond acceptors (Lipinski definition) is 12. The minimum Gasteiger partial charge on any atom is -0.494 e. The molecule has 3 fully saturated rings. The molecular formula is C44H45F4N9O6. The van der Waals surface area contributed by atoms with E-state index in [9.17, 15) is 37.1 Å². The van der Waals surface area contributed by atoms with Gasteiger partial charge in [-0.15, -0.1) is 0 Å². The number of ether oxygens (including phenoxy) is 1. The van der Waals surface area contributed by atoms with Crippen LogP contribution in [0.15, 0.2) is 66.9 Å². The Labute approximate surface area is 359 Å². The van der Waals surface area contributed by atoms with Gasteiger partial charge in [0.15, 0.2) is 0 Å². The zero-order chi connectivity index (χ0) is 44.6. The number of benzene rings is 3. The average Bonchev–Trinajstić information content (AvgIpc) is 3.50. The number of hydrogen-bond donors (Lipinski definition) is 4. The van der Waals surface area contributed by atoms with Gasteiger partial charge >= 0.3 is 6.18 Å². The number of halogens is 4. The van der Waals surface area contributed by atoms with Crippen LogP contribution in [0.1, 0.15) is 67.9 Å². The first-order chi connectivity index (χ1) is 30.2. The lowest BCUT2D eigenvalue weighted by Crippen LogP contribution is -2.54. The number of anilines is 5. The van der Waals surface area contributed by atoms with E-state index in [-0.39, 0.29) is 58.8 Å². The molecule has 8 rings (SSSR count). The van der Waals surface area contributed by atoms with Gasteiger partial charge in [-0.1, -0.05) is 12.1 Å². The number of amides is 5. The zero-order valence-corrected chi connectivity index (χ0v) is 34.5. The van der Waals surface area contributed by atoms with Crippen LogP contribution in [0.4, 0.5) is 46.1 Å². The Kier molecular flexibility index (Phi) is 12.1. The van der Waals surface area contributed by atoms with Crippen LogP contribution in [0.2, 0.25) is 0 Å². The van der Waals surface area contributed by atoms with E-state index in [1.54, 1.807) is 18.2 Å². The number of alkyl halides is 3. The van der Waals surface area contributed by atoms with Gasteiger partial charge in [0.05, 0.1) is 46.4 Å². The molecular weight excluding hydrogens is 827 g/mol. The van der Waals surface area contributed by atoms with Gasteiger partial charge in [0.2, 0.25) is 11.8 Å². The molecule has 63 heavy (non-hydrogen) atoms. The molecule has 0 spiro atoms. The van der Waals surface area contributed by atoms with Crippen molar-refractivity contribution in [1.29, 1.82) is 0 Å². The lowest BCUT2D eigenvalue weighted by atomic mass is 10.0. The third-order valence-corrected chi connectivity index (χ3v) is 12.1. The Morgan fingerprint density at radius 3 is 2.25 bits per heavy atom. The molecule has 1 atom stereocenters. The number of para-hydroxylation sites is 1. The van der Waals surface area contributed by atoms with Crippen molar-refractivity contribution in [1.82, 2.24) is 30.3 Å². The maximum absolute atomic E-state index is 15.4. The van der Waals surface area contributed by atoms with E-state index in [1.807, 2.05) is 12.1 Å². The number of pyridine rings is 1. The number of imide groups is 2. The van der Waals surface area contributed by atoms with Gasteiger partial charge in [-0.3, -0.25) is 44.0 Å². The quantitative estimate of drug-likeness (QED) is 0.114. The fraction of sp³-hybridized carbons (Fsp3) is 0.364. The highest BCUT2D eigenvalue weighted by atomic mass is 19.4. The number of piperidine rings is 2. The summed E-state index contributed by atoms with van der Waals surface area (Å²) in [6, 6.07) is 14.8. The third-order valence-electron chi connectivity index (χ3n) is 12.1. The molecule has 0 aliphatic carbocycles. The Morgan fingerprint density at radius 1 is 0.857 bits per heavy atom. The van der Waals surface area contributed by atoms with Crippen molar-refractivity contribution in [3.63, 3.8) is 0 Å². The topological polar surface area (TPSA) is 169 Å². The SMILES string of the molecule is CNC(=O)c1ccccc1Nc1cc(Nc2ccc(N3CCC(N4CCN(Cc5cc6c(cc5F)C(=O)N(C5CCC(=O)NC5=O)C6=O)CC4)CC3)cc2OC)ncc1C(F)(F)F. The van der Waals surface area contributed by atoms with Crippen LogP contribution >= 0.6 is 0 Å². The highest BCUT2D eigenvalue weighted by Gasteiger charge is 2.45. The number of carbonyl (C=O) groups is 5. The van der Waals surface area contributed by atoms with Crippen LogP contribution in [0.3, 0.4) is 0 Å². The summed E-state index contributed by atoms with van der Waals surface area (Å²) in [5.41, 5.74) is 0.745. The molecule has 0 bridgehead atoms. The summed E-state index contributed by atoms with van der Waals surface area (Å²) in [4.78, 5) is 74.5. The van der Waals surface area contributed by atoms with E-state index in [1.165, 1.54) is 38.4 Å². The number of fused-ring (bicyclic) bond motifs is 1. The van der Waals surface area contributed by atoms with E-state index < -0.39 is 53.1 Å². The molecule has 3 aromatic carbocycles. The predicted octanol–water partition coefficient (Wildman–Crippen LogP) is 5.28. The molecule has 4 aliphatic heterocycles. The summed E-state index contributed by atoms with van der Waals surface area (Å²) in [5.74, 6) is -3.08. The summed E-state index contributed by atoms with van der Waals surface area (Å²) < 4.78 is 63.3. The van der Waals surface area contributed by atoms with Crippen molar-refractivity contribution >= 4 is 58.1 Å². The smallest absolute Gasteiger partial charge is 0.419 e. The first-order valence-corrected chi connectivity index (χ1v) is 20.6. The predicted molar refractivity (Wildman–Crippen MR) is 224 cm³/mol. The van der Waals surface area contributed by atoms with Gasteiger partial charge in [0, 0.05) is 94.9 Å². The molecule has 5 heterocycles. The van der Waals surface area contributed by atoms with Gasteiger partial charge in [0.25, 0.3) is 17.7 Å². The number of piperazine rings is 1. The fourth-order valence-electron chi connectivity index (χ4n) is 8.71. The Hall–Kier alpha value is -6.60. The second-order valence-corrected chi connectivity index (χ2v) is 15.8. The van der Waals surface area contributed by atoms with Crippen molar-refractivity contribution in [2.75, 3.05) is 69.0 Å². The minimum atomic E-state index is -4.72. The van der Waals surface area contributed by atoms with Crippen LogP contribution in [0, 0.1) is 5.82 Å². The standard InChI is InChI=1S/C44H45F4N9O6/c1-49-40(59)28-5-3-4-6-33(28)51-35-22-38(50-23-31(35)44(46,47)48)52-34-8-7-27(20-37(34)63-2)55-13-11-26(12-14-55)56-17-15-54(16-18-56)24-25-19-29-30(21-32(25)45)43(62)57(42(29)61)36-9-10-39(58)53-41(36)60/h3-8,19-23,26,36H,9-18,24H2,1-2H3,(H,49,59)(H2,50,51,52)(H,53,58,60). The number of rotatable bonds is 11. The summed E-state index contributed by atoms with van der Waals surface area (Å²) in [5, 5.41) is 10.5. The number of nitrogens with one attached hydrogen (secondary N) is 4. The maximum atomic E-state index is 15.4. The van der Waals surface area contributed by atoms with Crippen molar-refractivity contribution in [3.8, 4) is 5.75 Å². The lowest BCUT2D eigenvalue weighted by molar-refractivity contribution is -0.137. The largest absolute Gasteiger partial charge is 0.494 e. The normalized spacial score (nSPS) is 18.9. The molecule has 15 nitrogen and oxygen atoms in total. The summed E-state index contributed by atoms with van der Waals surface area (Å²) >= 11 is 0. The highest BCUT2D eigenvalue weighted by Crippen LogP contribution is 2.39. The monoisotopic (exact) mass is 871 g/mol. The lowest BCUT2D eigenvalue weighted by Gasteiger charge is -2.43. The molecule has 1 unspecified atom stereocenters. The molecule has 0 radical (unpaired) electrons. The second-order valence-electron chi connectivity index (χ2n) is 15.8. The average molecular weight is 872 g/mol. The molecule has 330 valence electrons. The van der Waals surface area contributed by atoms with E-state index in [4.69, 9.17) is 4.74 Å². The van der Waals surface area contributed by atoms with Gasteiger partial charge in [-0.2, -0.15) is 13.2 Å². The summed E-state index contributed by atoms with van der Waals surface area (Å²) in [6.45, 7) is 4.68. The molecule has 4 aliphatic rings. The first kappa shape index (κ1) is 43.1. The molecule has 4 N–H and O–H groups in total. The van der Waals surface area contributed by atoms with Crippen molar-refractivity contribution < 1.29 is 46.3 Å². The van der Waals surface area contributed by atoms with E-state index in [0.717, 1.165) is 61.9 Å². The second kappa shape index (κ2) is 17.6. The molecule has 3 saturated heterocycles. The van der Waals surface area contributed by atoms with Crippen molar-refractivity contribution in [2.45, 2.75) is 50.5 Å². The number of methoxy groups -OCH3 is 1. The van der Waals surface area contributed by atoms with Crippen LogP contribution in [0.5, 0.6) is 5.75 Å². The van der Waals surface area contributed by atoms with Crippen LogP contribution in [-0.4, -0.2) is 115 Å². The van der Waals surface area contributed by atoms with Crippen LogP contribution < -0.4 is 30.9 Å². The number of aromatic nitrogens is 1. The van der Waals surface area contributed by atoms with Gasteiger partial charge in [0.1, 0.15) is 23.4 Å². The fourth-order valence-corrected chi connectivity index (χ4v) is 8.71. The molecule has 5 amide bonds. The van der Waals surface area contributed by atoms with Gasteiger partial charge in [-0.25, -0.2) is 9.37 Å². The van der Waals surface area contributed by atoms with Crippen molar-refractivity contribution in [3.05, 3.63) is 100 Å². The van der Waals surface area contributed by atoms with E-state index in [2.05, 4.69) is 41.0 Å². The van der Waals surface area contributed by atoms with E-state index in [0.29, 0.717) is 30.6 Å². The Balaban J connectivity index is 0.862. The summed E-state index contributed by atoms with van der Waals surface area (Å²) in [7, 11) is 2.95. The minimum absolute atomic E-state index is 0.00472. The Morgan fingerprint density at radius 2 is 1.57 bits per heavy atom. The summed E-state index contributed by atoms with van der Waals surface area (Å²) in [6.07, 6.45) is -2.17. The molecule has 19 heteroatoms. The molecule has 1 aromatic heterocycles. The van der Waals surface area contributed by atoms with E-state index >= 15 is 4.39 Å². The number of carbonyl (C=O) groups excluding carboxylic acids is 5. The zero-order valence-electron chi connectivity index (χ0n) is 34.5. The molecule has 0 saturated carbocycles.